The van der Waals surface area contributed by atoms with E-state index >= 15 is 0 Å². The molecule has 0 bridgehead atoms. The first-order valence-electron chi connectivity index (χ1n) is 12.6. The van der Waals surface area contributed by atoms with Crippen molar-refractivity contribution in [3.8, 4) is 11.4 Å². The summed E-state index contributed by atoms with van der Waals surface area (Å²) in [7, 11) is 0. The molecule has 39 heavy (non-hydrogen) atoms. The summed E-state index contributed by atoms with van der Waals surface area (Å²) in [5, 5.41) is 10.1. The van der Waals surface area contributed by atoms with Crippen LogP contribution >= 0.6 is 0 Å². The Morgan fingerprint density at radius 1 is 1.00 bits per heavy atom. The summed E-state index contributed by atoms with van der Waals surface area (Å²) in [5.41, 5.74) is 5.82. The lowest BCUT2D eigenvalue weighted by atomic mass is 9.93. The summed E-state index contributed by atoms with van der Waals surface area (Å²) in [6, 6.07) is 23.4. The minimum atomic E-state index is -0.308. The fourth-order valence-electron chi connectivity index (χ4n) is 4.87. The van der Waals surface area contributed by atoms with Gasteiger partial charge in [-0.15, -0.1) is 0 Å². The number of aryl methyl sites for hydroxylation is 1. The normalized spacial score (nSPS) is 14.0. The Bertz CT molecular complexity index is 1520. The number of fused-ring (bicyclic) bond motifs is 1. The number of aliphatic hydroxyl groups is 1. The number of benzene rings is 3. The molecule has 1 amide bonds. The standard InChI is InChI=1S/C30H29N3O3.CO2/c1-20-12-13-26(29-31-28(21(2)35)18-32(29)16-22-8-4-3-5-9-22)27(14-20)30(36)33-17-24-11-7-6-10-23(24)15-25(33)19-34;2-1-3/h3-14,18,25,34H,15-17,19H2,1-2H3;/t25-;/m0./s1. The van der Waals surface area contributed by atoms with E-state index < -0.39 is 0 Å². The Labute approximate surface area is 226 Å². The Kier molecular flexibility index (Phi) is 8.61. The highest BCUT2D eigenvalue weighted by Crippen LogP contribution is 2.30. The van der Waals surface area contributed by atoms with Crippen LogP contribution in [0, 0.1) is 6.92 Å². The molecule has 5 rings (SSSR count). The average molecular weight is 524 g/mol. The summed E-state index contributed by atoms with van der Waals surface area (Å²) in [6.07, 6.45) is 2.61. The third kappa shape index (κ3) is 6.09. The SMILES string of the molecule is CC(=O)c1cn(Cc2ccccc2)c(-c2ccc(C)cc2C(=O)N2Cc3ccccc3C[C@H]2CO)n1.O=C=O. The molecule has 1 atom stereocenters. The van der Waals surface area contributed by atoms with Crippen molar-refractivity contribution in [3.05, 3.63) is 113 Å². The van der Waals surface area contributed by atoms with Gasteiger partial charge in [-0.25, -0.2) is 4.98 Å². The van der Waals surface area contributed by atoms with Gasteiger partial charge < -0.3 is 14.6 Å². The molecule has 3 aromatic carbocycles. The van der Waals surface area contributed by atoms with Crippen molar-refractivity contribution in [1.82, 2.24) is 14.5 Å². The zero-order valence-corrected chi connectivity index (χ0v) is 21.8. The molecule has 1 aromatic heterocycles. The molecule has 0 aliphatic carbocycles. The molecule has 0 unspecified atom stereocenters. The highest BCUT2D eigenvalue weighted by atomic mass is 16.3. The van der Waals surface area contributed by atoms with E-state index in [1.807, 2.05) is 78.2 Å². The number of amides is 1. The zero-order chi connectivity index (χ0) is 27.9. The third-order valence-electron chi connectivity index (χ3n) is 6.81. The van der Waals surface area contributed by atoms with Crippen molar-refractivity contribution in [2.45, 2.75) is 39.4 Å². The van der Waals surface area contributed by atoms with Gasteiger partial charge in [0.1, 0.15) is 11.5 Å². The van der Waals surface area contributed by atoms with E-state index in [1.165, 1.54) is 6.92 Å². The second-order valence-corrected chi connectivity index (χ2v) is 9.49. The monoisotopic (exact) mass is 523 g/mol. The van der Waals surface area contributed by atoms with Gasteiger partial charge in [-0.3, -0.25) is 9.59 Å². The maximum absolute atomic E-state index is 14.0. The number of aliphatic hydroxyl groups excluding tert-OH is 1. The second-order valence-electron chi connectivity index (χ2n) is 9.49. The van der Waals surface area contributed by atoms with Gasteiger partial charge >= 0.3 is 6.15 Å². The van der Waals surface area contributed by atoms with Crippen LogP contribution in [-0.2, 0) is 29.1 Å². The first kappa shape index (κ1) is 27.4. The number of rotatable bonds is 6. The van der Waals surface area contributed by atoms with Crippen LogP contribution in [0.2, 0.25) is 0 Å². The van der Waals surface area contributed by atoms with Crippen LogP contribution in [0.3, 0.4) is 0 Å². The maximum atomic E-state index is 14.0. The molecule has 1 aliphatic heterocycles. The molecule has 0 saturated heterocycles. The van der Waals surface area contributed by atoms with Crippen molar-refractivity contribution in [2.75, 3.05) is 6.61 Å². The molecule has 4 aromatic rings. The van der Waals surface area contributed by atoms with E-state index in [4.69, 9.17) is 9.59 Å². The topological polar surface area (TPSA) is 110 Å². The van der Waals surface area contributed by atoms with Crippen molar-refractivity contribution in [1.29, 1.82) is 0 Å². The molecule has 8 nitrogen and oxygen atoms in total. The maximum Gasteiger partial charge on any atom is 0.373 e. The van der Waals surface area contributed by atoms with Gasteiger partial charge in [-0.1, -0.05) is 72.3 Å². The average Bonchev–Trinajstić information content (AvgIpc) is 3.36. The molecule has 1 N–H and O–H groups in total. The number of hydrogen-bond acceptors (Lipinski definition) is 6. The molecule has 2 heterocycles. The third-order valence-corrected chi connectivity index (χ3v) is 6.81. The van der Waals surface area contributed by atoms with E-state index in [0.29, 0.717) is 42.2 Å². The Morgan fingerprint density at radius 2 is 1.67 bits per heavy atom. The lowest BCUT2D eigenvalue weighted by Crippen LogP contribution is -2.46. The van der Waals surface area contributed by atoms with E-state index in [0.717, 1.165) is 22.3 Å². The molecular formula is C31H29N3O5. The van der Waals surface area contributed by atoms with Crippen molar-refractivity contribution in [2.24, 2.45) is 0 Å². The number of hydrogen-bond donors (Lipinski definition) is 1. The Hall–Kier alpha value is -4.65. The molecule has 198 valence electrons. The van der Waals surface area contributed by atoms with Crippen molar-refractivity contribution < 1.29 is 24.3 Å². The summed E-state index contributed by atoms with van der Waals surface area (Å²) in [5.74, 6) is 0.294. The van der Waals surface area contributed by atoms with E-state index in [2.05, 4.69) is 11.1 Å². The van der Waals surface area contributed by atoms with Gasteiger partial charge in [0.15, 0.2) is 5.78 Å². The number of ketones is 1. The Balaban J connectivity index is 0.00000112. The van der Waals surface area contributed by atoms with Crippen LogP contribution in [0.25, 0.3) is 11.4 Å². The molecule has 1 aliphatic rings. The number of carbonyl (C=O) groups is 2. The van der Waals surface area contributed by atoms with Crippen LogP contribution in [-0.4, -0.2) is 50.0 Å². The highest BCUT2D eigenvalue weighted by Gasteiger charge is 2.32. The van der Waals surface area contributed by atoms with E-state index in [1.54, 1.807) is 11.1 Å². The van der Waals surface area contributed by atoms with Gasteiger partial charge in [-0.2, -0.15) is 9.59 Å². The quantitative estimate of drug-likeness (QED) is 0.382. The second kappa shape index (κ2) is 12.3. The number of aromatic nitrogens is 2. The zero-order valence-electron chi connectivity index (χ0n) is 21.8. The molecule has 8 heteroatoms. The van der Waals surface area contributed by atoms with E-state index in [9.17, 15) is 14.7 Å². The van der Waals surface area contributed by atoms with Crippen LogP contribution in [0.4, 0.5) is 0 Å². The van der Waals surface area contributed by atoms with Crippen molar-refractivity contribution in [3.63, 3.8) is 0 Å². The smallest absolute Gasteiger partial charge is 0.373 e. The van der Waals surface area contributed by atoms with Gasteiger partial charge in [0.05, 0.1) is 18.2 Å². The largest absolute Gasteiger partial charge is 0.394 e. The van der Waals surface area contributed by atoms with Crippen LogP contribution in [0.15, 0.2) is 79.0 Å². The number of imidazole rings is 1. The Morgan fingerprint density at radius 3 is 2.33 bits per heavy atom. The van der Waals surface area contributed by atoms with Crippen molar-refractivity contribution >= 4 is 17.8 Å². The molecule has 0 radical (unpaired) electrons. The fourth-order valence-corrected chi connectivity index (χ4v) is 4.87. The first-order valence-corrected chi connectivity index (χ1v) is 12.6. The lowest BCUT2D eigenvalue weighted by molar-refractivity contribution is -0.191. The number of nitrogens with zero attached hydrogens (tertiary/aromatic N) is 3. The molecule has 0 spiro atoms. The predicted molar refractivity (Wildman–Crippen MR) is 144 cm³/mol. The van der Waals surface area contributed by atoms with E-state index in [-0.39, 0.29) is 30.5 Å². The molecular weight excluding hydrogens is 494 g/mol. The lowest BCUT2D eigenvalue weighted by Gasteiger charge is -2.36. The predicted octanol–water partition coefficient (Wildman–Crippen LogP) is 4.09. The summed E-state index contributed by atoms with van der Waals surface area (Å²) in [4.78, 5) is 49.0. The van der Waals surface area contributed by atoms with Gasteiger partial charge in [-0.05, 0) is 36.1 Å². The first-order chi connectivity index (χ1) is 18.9. The molecule has 0 saturated carbocycles. The number of carbonyl (C=O) groups excluding carboxylic acids is 4. The van der Waals surface area contributed by atoms with Gasteiger partial charge in [0.25, 0.3) is 5.91 Å². The minimum absolute atomic E-state index is 0.113. The summed E-state index contributed by atoms with van der Waals surface area (Å²) < 4.78 is 1.93. The summed E-state index contributed by atoms with van der Waals surface area (Å²) in [6.45, 7) is 4.29. The summed E-state index contributed by atoms with van der Waals surface area (Å²) >= 11 is 0. The fraction of sp³-hybridized carbons (Fsp3) is 0.226. The van der Waals surface area contributed by atoms with Gasteiger partial charge in [0.2, 0.25) is 0 Å². The van der Waals surface area contributed by atoms with Crippen LogP contribution in [0.1, 0.15) is 50.0 Å². The highest BCUT2D eigenvalue weighted by molar-refractivity contribution is 6.01. The van der Waals surface area contributed by atoms with Crippen LogP contribution < -0.4 is 0 Å². The van der Waals surface area contributed by atoms with Gasteiger partial charge in [0, 0.05) is 31.8 Å². The minimum Gasteiger partial charge on any atom is -0.394 e. The number of Topliss-reactive ketones (excluding diaryl/α,β-unsaturated/α-hetero) is 1. The van der Waals surface area contributed by atoms with Crippen LogP contribution in [0.5, 0.6) is 0 Å². The molecule has 0 fully saturated rings.